The number of hydrogen-bond acceptors (Lipinski definition) is 4. The van der Waals surface area contributed by atoms with Gasteiger partial charge in [-0.3, -0.25) is 4.79 Å². The molecule has 160 valence electrons. The zero-order valence-electron chi connectivity index (χ0n) is 17.1. The van der Waals surface area contributed by atoms with E-state index in [0.717, 1.165) is 22.0 Å². The van der Waals surface area contributed by atoms with Crippen LogP contribution in [0.4, 0.5) is 4.79 Å². The van der Waals surface area contributed by atoms with Gasteiger partial charge in [0.2, 0.25) is 0 Å². The van der Waals surface area contributed by atoms with Crippen LogP contribution in [0.1, 0.15) is 18.1 Å². The van der Waals surface area contributed by atoms with Crippen molar-refractivity contribution in [2.75, 3.05) is 6.54 Å². The number of aromatic nitrogens is 1. The van der Waals surface area contributed by atoms with Gasteiger partial charge in [-0.2, -0.15) is 0 Å². The molecule has 2 aromatic carbocycles. The largest absolute Gasteiger partial charge is 0.433 e. The number of azide groups is 1. The molecular formula is C22H24N6O3. The summed E-state index contributed by atoms with van der Waals surface area (Å²) >= 11 is 0. The van der Waals surface area contributed by atoms with Gasteiger partial charge in [-0.25, -0.2) is 4.79 Å². The first-order valence-electron chi connectivity index (χ1n) is 9.80. The highest BCUT2D eigenvalue weighted by Gasteiger charge is 2.39. The van der Waals surface area contributed by atoms with Crippen LogP contribution in [0.25, 0.3) is 21.3 Å². The highest BCUT2D eigenvalue weighted by molar-refractivity contribution is 5.89. The number of primary amides is 1. The Bertz CT molecular complexity index is 1110. The first-order chi connectivity index (χ1) is 14.9. The van der Waals surface area contributed by atoms with Crippen LogP contribution in [0.2, 0.25) is 0 Å². The molecule has 0 aliphatic rings. The summed E-state index contributed by atoms with van der Waals surface area (Å²) in [5, 5.41) is 7.39. The minimum absolute atomic E-state index is 0.0525. The molecule has 31 heavy (non-hydrogen) atoms. The van der Waals surface area contributed by atoms with Crippen LogP contribution in [0.5, 0.6) is 0 Å². The molecule has 0 radical (unpaired) electrons. The van der Waals surface area contributed by atoms with E-state index in [-0.39, 0.29) is 13.0 Å². The molecule has 1 aromatic heterocycles. The molecule has 0 spiro atoms. The fraction of sp³-hybridized carbons (Fsp3) is 0.273. The third-order valence-corrected chi connectivity index (χ3v) is 5.03. The quantitative estimate of drug-likeness (QED) is 0.276. The molecule has 2 atom stereocenters. The molecule has 9 nitrogen and oxygen atoms in total. The number of nitrogens with two attached hydrogens (primary N) is 1. The summed E-state index contributed by atoms with van der Waals surface area (Å²) in [7, 11) is 0. The smallest absolute Gasteiger partial charge is 0.405 e. The van der Waals surface area contributed by atoms with Crippen LogP contribution >= 0.6 is 0 Å². The zero-order valence-corrected chi connectivity index (χ0v) is 17.1. The first-order valence-corrected chi connectivity index (χ1v) is 9.80. The number of hydrogen-bond donors (Lipinski definition) is 3. The lowest BCUT2D eigenvalue weighted by Gasteiger charge is -2.29. The van der Waals surface area contributed by atoms with Crippen molar-refractivity contribution >= 4 is 22.9 Å². The number of ether oxygens (including phenoxy) is 1. The van der Waals surface area contributed by atoms with Crippen molar-refractivity contribution in [1.82, 2.24) is 10.3 Å². The van der Waals surface area contributed by atoms with Crippen molar-refractivity contribution in [2.45, 2.75) is 31.4 Å². The molecule has 1 heterocycles. The number of H-pyrrole nitrogens is 1. The Kier molecular flexibility index (Phi) is 6.79. The number of aromatic amines is 1. The van der Waals surface area contributed by atoms with Gasteiger partial charge >= 0.3 is 6.09 Å². The molecule has 4 N–H and O–H groups in total. The molecule has 2 unspecified atom stereocenters. The van der Waals surface area contributed by atoms with Crippen LogP contribution in [0.15, 0.2) is 65.9 Å². The summed E-state index contributed by atoms with van der Waals surface area (Å²) in [5.41, 5.74) is 15.1. The highest BCUT2D eigenvalue weighted by Crippen LogP contribution is 2.25. The zero-order chi connectivity index (χ0) is 22.3. The average Bonchev–Trinajstić information content (AvgIpc) is 3.14. The van der Waals surface area contributed by atoms with Crippen molar-refractivity contribution < 1.29 is 14.3 Å². The Morgan fingerprint density at radius 2 is 1.94 bits per heavy atom. The second-order valence-corrected chi connectivity index (χ2v) is 7.46. The normalized spacial score (nSPS) is 13.6. The second kappa shape index (κ2) is 9.69. The Balaban J connectivity index is 1.84. The fourth-order valence-corrected chi connectivity index (χ4v) is 3.56. The van der Waals surface area contributed by atoms with Gasteiger partial charge in [-0.05, 0) is 36.1 Å². The number of carbonyl (C=O) groups is 2. The fourth-order valence-electron chi connectivity index (χ4n) is 3.56. The summed E-state index contributed by atoms with van der Waals surface area (Å²) in [5.74, 6) is -0.523. The minimum Gasteiger partial charge on any atom is -0.433 e. The molecule has 0 aliphatic heterocycles. The van der Waals surface area contributed by atoms with E-state index in [1.54, 1.807) is 6.20 Å². The van der Waals surface area contributed by atoms with Gasteiger partial charge in [-0.15, -0.1) is 0 Å². The summed E-state index contributed by atoms with van der Waals surface area (Å²) < 4.78 is 5.29. The maximum absolute atomic E-state index is 13.2. The summed E-state index contributed by atoms with van der Waals surface area (Å²) in [6, 6.07) is 16.7. The van der Waals surface area contributed by atoms with Gasteiger partial charge in [0.1, 0.15) is 0 Å². The number of carbonyl (C=O) groups excluding carboxylic acids is 2. The Morgan fingerprint density at radius 3 is 2.65 bits per heavy atom. The molecule has 9 heteroatoms. The number of benzene rings is 2. The van der Waals surface area contributed by atoms with Crippen LogP contribution in [0.3, 0.4) is 0 Å². The molecule has 3 rings (SSSR count). The van der Waals surface area contributed by atoms with Crippen molar-refractivity contribution in [1.29, 1.82) is 0 Å². The highest BCUT2D eigenvalue weighted by atomic mass is 16.6. The summed E-state index contributed by atoms with van der Waals surface area (Å²) in [6.45, 7) is 1.57. The lowest BCUT2D eigenvalue weighted by Crippen LogP contribution is -2.54. The van der Waals surface area contributed by atoms with Crippen LogP contribution in [0, 0.1) is 0 Å². The predicted molar refractivity (Wildman–Crippen MR) is 117 cm³/mol. The van der Waals surface area contributed by atoms with Crippen LogP contribution in [-0.4, -0.2) is 35.2 Å². The molecule has 2 amide bonds. The van der Waals surface area contributed by atoms with E-state index in [1.807, 2.05) is 54.6 Å². The van der Waals surface area contributed by atoms with Gasteiger partial charge in [0.15, 0.2) is 5.60 Å². The summed E-state index contributed by atoms with van der Waals surface area (Å²) in [4.78, 5) is 30.8. The maximum atomic E-state index is 13.2. The van der Waals surface area contributed by atoms with Crippen molar-refractivity contribution in [3.8, 4) is 0 Å². The Hall–Kier alpha value is -3.97. The van der Waals surface area contributed by atoms with E-state index in [0.29, 0.717) is 6.42 Å². The maximum Gasteiger partial charge on any atom is 0.405 e. The van der Waals surface area contributed by atoms with E-state index in [9.17, 15) is 9.59 Å². The predicted octanol–water partition coefficient (Wildman–Crippen LogP) is 3.60. The number of fused-ring (bicyclic) bond motifs is 1. The van der Waals surface area contributed by atoms with Crippen LogP contribution in [-0.2, 0) is 22.4 Å². The Morgan fingerprint density at radius 1 is 1.23 bits per heavy atom. The van der Waals surface area contributed by atoms with Crippen LogP contribution < -0.4 is 11.1 Å². The van der Waals surface area contributed by atoms with Crippen molar-refractivity contribution in [3.63, 3.8) is 0 Å². The minimum atomic E-state index is -1.55. The average molecular weight is 420 g/mol. The van der Waals surface area contributed by atoms with Crippen molar-refractivity contribution in [3.05, 3.63) is 82.4 Å². The lowest BCUT2D eigenvalue weighted by atomic mass is 9.94. The topological polar surface area (TPSA) is 146 Å². The lowest BCUT2D eigenvalue weighted by molar-refractivity contribution is -0.138. The molecule has 0 fully saturated rings. The van der Waals surface area contributed by atoms with E-state index in [4.69, 9.17) is 16.0 Å². The molecule has 3 aromatic rings. The van der Waals surface area contributed by atoms with E-state index >= 15 is 0 Å². The van der Waals surface area contributed by atoms with Gasteiger partial charge in [0.05, 0.1) is 0 Å². The van der Waals surface area contributed by atoms with Gasteiger partial charge in [0, 0.05) is 41.0 Å². The van der Waals surface area contributed by atoms with Crippen molar-refractivity contribution in [2.24, 2.45) is 10.8 Å². The molecule has 0 aliphatic carbocycles. The monoisotopic (exact) mass is 420 g/mol. The molecule has 0 bridgehead atoms. The number of nitrogens with zero attached hydrogens (tertiary/aromatic N) is 3. The standard InChI is InChI=1S/C22H24N6O3/c1-22(31-21(23)30,12-16-13-25-19-10-6-5-9-18(16)19)20(29)27-17(14-26-28-24)11-15-7-3-2-4-8-15/h2-10,13,17,25H,11-12,14H2,1H3,(H2,23,30)(H,27,29). The second-order valence-electron chi connectivity index (χ2n) is 7.46. The SMILES string of the molecule is CC(Cc1c[nH]c2ccccc12)(OC(N)=O)C(=O)NC(CN=[N+]=[N-])Cc1ccccc1. The first kappa shape index (κ1) is 21.7. The molecule has 0 saturated heterocycles. The summed E-state index contributed by atoms with van der Waals surface area (Å²) in [6.07, 6.45) is 1.30. The number of nitrogens with one attached hydrogen (secondary N) is 2. The van der Waals surface area contributed by atoms with Gasteiger partial charge < -0.3 is 20.8 Å². The van der Waals surface area contributed by atoms with Gasteiger partial charge in [0.25, 0.3) is 5.91 Å². The molecular weight excluding hydrogens is 396 g/mol. The van der Waals surface area contributed by atoms with Gasteiger partial charge in [-0.1, -0.05) is 53.6 Å². The van der Waals surface area contributed by atoms with E-state index < -0.39 is 23.6 Å². The molecule has 0 saturated carbocycles. The Labute approximate surface area is 179 Å². The van der Waals surface area contributed by atoms with E-state index in [1.165, 1.54) is 6.92 Å². The number of para-hydroxylation sites is 1. The van der Waals surface area contributed by atoms with E-state index in [2.05, 4.69) is 20.3 Å². The third kappa shape index (κ3) is 5.55. The number of amides is 2. The third-order valence-electron chi connectivity index (χ3n) is 5.03. The number of rotatable bonds is 9.